The standard InChI is InChI=1S/C26H20F2N2O4/c1-13-4-3-5-17(15-7-8-15)21(13)24(31)30-22-14(2)6-10-18(27)23(22)29(26(30)34)20-11-9-16(25(32)33)12-19(20)28/h3-6,9-12,15H,7-8H2,1-2H3,(H,32,33). The third-order valence-electron chi connectivity index (χ3n) is 6.31. The zero-order chi connectivity index (χ0) is 24.3. The Morgan fingerprint density at radius 2 is 1.68 bits per heavy atom. The van der Waals surface area contributed by atoms with Crippen molar-refractivity contribution in [2.75, 3.05) is 0 Å². The summed E-state index contributed by atoms with van der Waals surface area (Å²) in [5.41, 5.74) is 0.574. The van der Waals surface area contributed by atoms with E-state index in [4.69, 9.17) is 5.11 Å². The van der Waals surface area contributed by atoms with E-state index in [2.05, 4.69) is 0 Å². The third-order valence-corrected chi connectivity index (χ3v) is 6.31. The highest BCUT2D eigenvalue weighted by Gasteiger charge is 2.32. The molecule has 1 heterocycles. The molecule has 6 nitrogen and oxygen atoms in total. The number of benzene rings is 3. The van der Waals surface area contributed by atoms with Crippen molar-refractivity contribution in [2.45, 2.75) is 32.6 Å². The molecule has 1 aromatic heterocycles. The number of rotatable bonds is 4. The van der Waals surface area contributed by atoms with E-state index in [0.29, 0.717) is 16.7 Å². The van der Waals surface area contributed by atoms with Crippen molar-refractivity contribution >= 4 is 22.9 Å². The largest absolute Gasteiger partial charge is 0.478 e. The summed E-state index contributed by atoms with van der Waals surface area (Å²) in [4.78, 5) is 38.7. The first-order chi connectivity index (χ1) is 16.2. The van der Waals surface area contributed by atoms with E-state index in [0.717, 1.165) is 51.8 Å². The minimum Gasteiger partial charge on any atom is -0.478 e. The summed E-state index contributed by atoms with van der Waals surface area (Å²) >= 11 is 0. The van der Waals surface area contributed by atoms with Gasteiger partial charge in [0.1, 0.15) is 17.2 Å². The Morgan fingerprint density at radius 3 is 2.32 bits per heavy atom. The van der Waals surface area contributed by atoms with Gasteiger partial charge >= 0.3 is 11.7 Å². The topological polar surface area (TPSA) is 81.3 Å². The fourth-order valence-corrected chi connectivity index (χ4v) is 4.50. The van der Waals surface area contributed by atoms with Crippen LogP contribution in [0.3, 0.4) is 0 Å². The summed E-state index contributed by atoms with van der Waals surface area (Å²) in [6, 6.07) is 11.1. The number of carbonyl (C=O) groups excluding carboxylic acids is 1. The van der Waals surface area contributed by atoms with Crippen molar-refractivity contribution in [3.63, 3.8) is 0 Å². The smallest absolute Gasteiger partial charge is 0.341 e. The monoisotopic (exact) mass is 462 g/mol. The van der Waals surface area contributed by atoms with E-state index in [-0.39, 0.29) is 28.2 Å². The summed E-state index contributed by atoms with van der Waals surface area (Å²) in [6.07, 6.45) is 1.88. The number of carboxylic acids is 1. The van der Waals surface area contributed by atoms with Crippen LogP contribution in [0.1, 0.15) is 56.2 Å². The highest BCUT2D eigenvalue weighted by molar-refractivity contribution is 6.04. The number of carbonyl (C=O) groups is 2. The minimum atomic E-state index is -1.34. The molecule has 1 N–H and O–H groups in total. The molecule has 1 aliphatic carbocycles. The van der Waals surface area contributed by atoms with Crippen molar-refractivity contribution in [3.8, 4) is 5.69 Å². The molecular weight excluding hydrogens is 442 g/mol. The Bertz CT molecular complexity index is 1580. The molecule has 1 aliphatic rings. The van der Waals surface area contributed by atoms with E-state index in [1.165, 1.54) is 6.07 Å². The van der Waals surface area contributed by atoms with E-state index in [9.17, 15) is 18.8 Å². The molecule has 0 atom stereocenters. The number of imidazole rings is 1. The summed E-state index contributed by atoms with van der Waals surface area (Å²) in [7, 11) is 0. The van der Waals surface area contributed by atoms with E-state index < -0.39 is 29.2 Å². The number of nitrogens with zero attached hydrogens (tertiary/aromatic N) is 2. The Balaban J connectivity index is 1.84. The molecule has 0 radical (unpaired) electrons. The number of aromatic carboxylic acids is 1. The SMILES string of the molecule is Cc1cccc(C2CC2)c1C(=O)n1c(=O)n(-c2ccc(C(=O)O)cc2F)c2c(F)ccc(C)c21. The molecule has 3 aromatic carbocycles. The number of aryl methyl sites for hydroxylation is 2. The highest BCUT2D eigenvalue weighted by atomic mass is 19.1. The van der Waals surface area contributed by atoms with Gasteiger partial charge in [0.05, 0.1) is 16.8 Å². The van der Waals surface area contributed by atoms with E-state index >= 15 is 4.39 Å². The average Bonchev–Trinajstić information content (AvgIpc) is 3.59. The van der Waals surface area contributed by atoms with Gasteiger partial charge in [0.2, 0.25) is 0 Å². The van der Waals surface area contributed by atoms with Crippen LogP contribution in [0.15, 0.2) is 53.3 Å². The van der Waals surface area contributed by atoms with Crippen molar-refractivity contribution in [2.24, 2.45) is 0 Å². The van der Waals surface area contributed by atoms with Crippen LogP contribution in [0.25, 0.3) is 16.7 Å². The molecule has 0 unspecified atom stereocenters. The summed E-state index contributed by atoms with van der Waals surface area (Å²) in [5.74, 6) is -3.56. The van der Waals surface area contributed by atoms with Crippen LogP contribution in [-0.2, 0) is 0 Å². The Morgan fingerprint density at radius 1 is 0.941 bits per heavy atom. The second-order valence-electron chi connectivity index (χ2n) is 8.60. The van der Waals surface area contributed by atoms with Crippen molar-refractivity contribution in [3.05, 3.63) is 98.5 Å². The molecule has 0 bridgehead atoms. The third kappa shape index (κ3) is 3.25. The lowest BCUT2D eigenvalue weighted by Crippen LogP contribution is -2.30. The quantitative estimate of drug-likeness (QED) is 0.465. The summed E-state index contributed by atoms with van der Waals surface area (Å²) < 4.78 is 31.8. The second kappa shape index (κ2) is 7.76. The van der Waals surface area contributed by atoms with Crippen LogP contribution in [0.5, 0.6) is 0 Å². The molecule has 1 fully saturated rings. The molecule has 4 aromatic rings. The summed E-state index contributed by atoms with van der Waals surface area (Å²) in [6.45, 7) is 3.42. The van der Waals surface area contributed by atoms with Gasteiger partial charge in [0, 0.05) is 5.56 Å². The Hall–Kier alpha value is -4.07. The van der Waals surface area contributed by atoms with Gasteiger partial charge in [0.15, 0.2) is 0 Å². The summed E-state index contributed by atoms with van der Waals surface area (Å²) in [5, 5.41) is 9.14. The van der Waals surface area contributed by atoms with Crippen LogP contribution in [-0.4, -0.2) is 26.1 Å². The number of carboxylic acid groups (broad SMARTS) is 1. The lowest BCUT2D eigenvalue weighted by atomic mass is 9.97. The molecule has 8 heteroatoms. The van der Waals surface area contributed by atoms with Gasteiger partial charge in [0.25, 0.3) is 5.91 Å². The molecule has 0 aliphatic heterocycles. The number of hydrogen-bond acceptors (Lipinski definition) is 3. The van der Waals surface area contributed by atoms with Gasteiger partial charge in [-0.2, -0.15) is 0 Å². The van der Waals surface area contributed by atoms with E-state index in [1.807, 2.05) is 12.1 Å². The predicted molar refractivity (Wildman–Crippen MR) is 122 cm³/mol. The Labute approximate surface area is 192 Å². The maximum absolute atomic E-state index is 15.1. The van der Waals surface area contributed by atoms with Gasteiger partial charge in [-0.3, -0.25) is 9.36 Å². The van der Waals surface area contributed by atoms with Crippen molar-refractivity contribution < 1.29 is 23.5 Å². The zero-order valence-corrected chi connectivity index (χ0v) is 18.4. The van der Waals surface area contributed by atoms with Crippen LogP contribution in [0.4, 0.5) is 8.78 Å². The molecule has 34 heavy (non-hydrogen) atoms. The Kier molecular flexibility index (Phi) is 4.97. The predicted octanol–water partition coefficient (Wildman–Crippen LogP) is 4.95. The van der Waals surface area contributed by atoms with Crippen molar-refractivity contribution in [1.82, 2.24) is 9.13 Å². The van der Waals surface area contributed by atoms with Crippen LogP contribution >= 0.6 is 0 Å². The zero-order valence-electron chi connectivity index (χ0n) is 18.4. The first-order valence-corrected chi connectivity index (χ1v) is 10.8. The second-order valence-corrected chi connectivity index (χ2v) is 8.60. The maximum Gasteiger partial charge on any atom is 0.341 e. The molecule has 0 saturated heterocycles. The molecular formula is C26H20F2N2O4. The van der Waals surface area contributed by atoms with E-state index in [1.54, 1.807) is 19.9 Å². The maximum atomic E-state index is 15.1. The van der Waals surface area contributed by atoms with Gasteiger partial charge in [-0.15, -0.1) is 0 Å². The molecule has 172 valence electrons. The van der Waals surface area contributed by atoms with Gasteiger partial charge in [-0.25, -0.2) is 22.9 Å². The number of hydrogen-bond donors (Lipinski definition) is 1. The average molecular weight is 462 g/mol. The lowest BCUT2D eigenvalue weighted by molar-refractivity contribution is 0.0696. The van der Waals surface area contributed by atoms with Gasteiger partial charge in [-0.1, -0.05) is 24.3 Å². The normalized spacial score (nSPS) is 13.4. The van der Waals surface area contributed by atoms with Gasteiger partial charge in [-0.05, 0) is 73.6 Å². The number of aromatic nitrogens is 2. The fourth-order valence-electron chi connectivity index (χ4n) is 4.50. The van der Waals surface area contributed by atoms with Crippen LogP contribution in [0.2, 0.25) is 0 Å². The minimum absolute atomic E-state index is 0.0433. The first kappa shape index (κ1) is 21.8. The lowest BCUT2D eigenvalue weighted by Gasteiger charge is -2.12. The molecule has 0 spiro atoms. The van der Waals surface area contributed by atoms with Crippen molar-refractivity contribution in [1.29, 1.82) is 0 Å². The fraction of sp³-hybridized carbons (Fsp3) is 0.192. The van der Waals surface area contributed by atoms with Crippen LogP contribution in [0, 0.1) is 25.5 Å². The molecule has 0 amide bonds. The first-order valence-electron chi connectivity index (χ1n) is 10.8. The molecule has 5 rings (SSSR count). The highest BCUT2D eigenvalue weighted by Crippen LogP contribution is 2.42. The molecule has 1 saturated carbocycles. The number of fused-ring (bicyclic) bond motifs is 1. The number of halogens is 2. The van der Waals surface area contributed by atoms with Crippen LogP contribution < -0.4 is 5.69 Å². The van der Waals surface area contributed by atoms with Gasteiger partial charge < -0.3 is 5.11 Å².